The van der Waals surface area contributed by atoms with Crippen molar-refractivity contribution in [2.45, 2.75) is 213 Å². The molecule has 0 saturated carbocycles. The van der Waals surface area contributed by atoms with Crippen LogP contribution in [-0.4, -0.2) is 54.3 Å². The summed E-state index contributed by atoms with van der Waals surface area (Å²) < 4.78 is 26.9. The number of aliphatic hydroxyl groups is 1. The van der Waals surface area contributed by atoms with E-state index in [2.05, 4.69) is 55.6 Å². The van der Waals surface area contributed by atoms with E-state index in [0.29, 0.717) is 6.42 Å². The predicted octanol–water partition coefficient (Wildman–Crippen LogP) is 12.6. The lowest BCUT2D eigenvalue weighted by Crippen LogP contribution is -2.27. The van der Waals surface area contributed by atoms with Gasteiger partial charge in [0.25, 0.3) is 0 Å². The number of carbonyl (C=O) groups excluding carboxylic acids is 2. The zero-order chi connectivity index (χ0) is 40.3. The van der Waals surface area contributed by atoms with Crippen LogP contribution in [0.15, 0.2) is 36.5 Å². The largest absolute Gasteiger partial charge is 0.472 e. The van der Waals surface area contributed by atoms with Crippen molar-refractivity contribution in [2.75, 3.05) is 26.4 Å². The molecule has 0 heterocycles. The van der Waals surface area contributed by atoms with Gasteiger partial charge in [0.05, 0.1) is 13.2 Å². The van der Waals surface area contributed by atoms with Gasteiger partial charge in [-0.2, -0.15) is 0 Å². The van der Waals surface area contributed by atoms with E-state index in [4.69, 9.17) is 13.8 Å². The highest BCUT2D eigenvalue weighted by atomic mass is 31.2. The van der Waals surface area contributed by atoms with Gasteiger partial charge < -0.3 is 20.1 Å². The summed E-state index contributed by atoms with van der Waals surface area (Å²) in [6, 6.07) is 0. The number of unbranched alkanes of at least 4 members (excludes halogenated alkanes) is 23. The number of ether oxygens (including phenoxy) is 1. The fraction of sp³-hybridized carbons (Fsp3) is 0.822. The number of rotatable bonds is 42. The summed E-state index contributed by atoms with van der Waals surface area (Å²) >= 11 is 0. The molecule has 2 unspecified atom stereocenters. The zero-order valence-corrected chi connectivity index (χ0v) is 36.3. The fourth-order valence-electron chi connectivity index (χ4n) is 6.11. The fourth-order valence-corrected chi connectivity index (χ4v) is 6.87. The van der Waals surface area contributed by atoms with Crippen molar-refractivity contribution in [1.82, 2.24) is 5.32 Å². The maximum atomic E-state index is 12.1. The van der Waals surface area contributed by atoms with Crippen LogP contribution in [0, 0.1) is 0 Å². The summed E-state index contributed by atoms with van der Waals surface area (Å²) in [4.78, 5) is 33.9. The minimum absolute atomic E-state index is 0.0770. The van der Waals surface area contributed by atoms with Gasteiger partial charge in [-0.25, -0.2) is 4.57 Å². The third-order valence-electron chi connectivity index (χ3n) is 9.54. The monoisotopic (exact) mass is 798 g/mol. The van der Waals surface area contributed by atoms with E-state index in [-0.39, 0.29) is 32.1 Å². The van der Waals surface area contributed by atoms with Gasteiger partial charge in [-0.05, 0) is 70.6 Å². The lowest BCUT2D eigenvalue weighted by Gasteiger charge is -2.15. The normalized spacial score (nSPS) is 13.6. The van der Waals surface area contributed by atoms with Gasteiger partial charge in [0.1, 0.15) is 12.7 Å². The number of carbonyl (C=O) groups is 2. The van der Waals surface area contributed by atoms with E-state index in [1.807, 2.05) is 0 Å². The standard InChI is InChI=1S/C45H84NO8P/c1-3-5-7-9-11-13-15-17-19-21-23-25-27-29-31-33-35-37-44(48)46-39-40-53-55(50,51)54-42-43(47)41-52-45(49)38-36-34-32-30-28-26-24-22-20-18-16-14-12-10-8-6-4-2/h11,13,17-20,43,47H,3-10,12,14-16,21-42H2,1-2H3,(H,46,48)(H,50,51)/b13-11-,19-17-,20-18-. The van der Waals surface area contributed by atoms with Crippen LogP contribution in [0.1, 0.15) is 206 Å². The first-order chi connectivity index (χ1) is 26.8. The van der Waals surface area contributed by atoms with Gasteiger partial charge >= 0.3 is 13.8 Å². The number of hydrogen-bond donors (Lipinski definition) is 3. The van der Waals surface area contributed by atoms with Crippen LogP contribution in [0.5, 0.6) is 0 Å². The Morgan fingerprint density at radius 1 is 0.564 bits per heavy atom. The van der Waals surface area contributed by atoms with Crippen molar-refractivity contribution in [3.63, 3.8) is 0 Å². The average molecular weight is 798 g/mol. The van der Waals surface area contributed by atoms with Gasteiger partial charge in [-0.3, -0.25) is 18.6 Å². The maximum absolute atomic E-state index is 12.1. The Kier molecular flexibility index (Phi) is 40.5. The molecule has 0 bridgehead atoms. The van der Waals surface area contributed by atoms with Gasteiger partial charge in [0.2, 0.25) is 5.91 Å². The molecule has 0 aromatic heterocycles. The highest BCUT2D eigenvalue weighted by molar-refractivity contribution is 7.47. The summed E-state index contributed by atoms with van der Waals surface area (Å²) in [7, 11) is -4.42. The van der Waals surface area contributed by atoms with E-state index >= 15 is 0 Å². The Morgan fingerprint density at radius 2 is 0.982 bits per heavy atom. The third-order valence-corrected chi connectivity index (χ3v) is 10.5. The molecule has 0 aromatic carbocycles. The topological polar surface area (TPSA) is 131 Å². The molecule has 0 aliphatic heterocycles. The molecule has 10 heteroatoms. The number of esters is 1. The predicted molar refractivity (Wildman–Crippen MR) is 229 cm³/mol. The zero-order valence-electron chi connectivity index (χ0n) is 35.4. The second-order valence-electron chi connectivity index (χ2n) is 15.0. The quantitative estimate of drug-likeness (QED) is 0.0241. The number of allylic oxidation sites excluding steroid dienone is 6. The number of amides is 1. The molecule has 0 aromatic rings. The highest BCUT2D eigenvalue weighted by Gasteiger charge is 2.23. The van der Waals surface area contributed by atoms with Crippen molar-refractivity contribution in [3.8, 4) is 0 Å². The number of hydrogen-bond acceptors (Lipinski definition) is 7. The summed E-state index contributed by atoms with van der Waals surface area (Å²) in [6.07, 6.45) is 46.4. The summed E-state index contributed by atoms with van der Waals surface area (Å²) in [5, 5.41) is 12.7. The molecule has 322 valence electrons. The van der Waals surface area contributed by atoms with Crippen LogP contribution in [0.2, 0.25) is 0 Å². The Morgan fingerprint density at radius 3 is 1.51 bits per heavy atom. The van der Waals surface area contributed by atoms with Crippen LogP contribution in [-0.2, 0) is 27.9 Å². The molecule has 1 amide bonds. The Bertz CT molecular complexity index is 1000. The van der Waals surface area contributed by atoms with Crippen molar-refractivity contribution < 1.29 is 37.9 Å². The number of phosphoric acid groups is 1. The van der Waals surface area contributed by atoms with Crippen LogP contribution in [0.3, 0.4) is 0 Å². The second-order valence-corrected chi connectivity index (χ2v) is 16.5. The third kappa shape index (κ3) is 43.2. The second kappa shape index (κ2) is 41.9. The number of nitrogens with one attached hydrogen (secondary N) is 1. The number of phosphoric ester groups is 1. The maximum Gasteiger partial charge on any atom is 0.472 e. The molecule has 55 heavy (non-hydrogen) atoms. The van der Waals surface area contributed by atoms with Gasteiger partial charge in [0.15, 0.2) is 0 Å². The molecule has 2 atom stereocenters. The van der Waals surface area contributed by atoms with Gasteiger partial charge in [0, 0.05) is 19.4 Å². The smallest absolute Gasteiger partial charge is 0.463 e. The lowest BCUT2D eigenvalue weighted by atomic mass is 10.1. The van der Waals surface area contributed by atoms with Crippen molar-refractivity contribution in [3.05, 3.63) is 36.5 Å². The molecular formula is C45H84NO8P. The van der Waals surface area contributed by atoms with E-state index in [0.717, 1.165) is 51.4 Å². The van der Waals surface area contributed by atoms with Gasteiger partial charge in [-0.1, -0.05) is 159 Å². The van der Waals surface area contributed by atoms with Crippen LogP contribution in [0.25, 0.3) is 0 Å². The number of aliphatic hydroxyl groups excluding tert-OH is 1. The first-order valence-corrected chi connectivity index (χ1v) is 24.0. The SMILES string of the molecule is CCCCC/C=C\C/C=C\CCCCCCCCCC(=O)NCCOP(=O)(O)OCC(O)COC(=O)CCCCCCCCC/C=C\CCCCCCCC. The van der Waals surface area contributed by atoms with Crippen LogP contribution >= 0.6 is 7.82 Å². The Hall–Kier alpha value is -1.77. The van der Waals surface area contributed by atoms with E-state index in [9.17, 15) is 24.2 Å². The molecule has 0 aliphatic rings. The first-order valence-electron chi connectivity index (χ1n) is 22.5. The summed E-state index contributed by atoms with van der Waals surface area (Å²) in [5.74, 6) is -0.526. The molecule has 0 aliphatic carbocycles. The van der Waals surface area contributed by atoms with E-state index < -0.39 is 26.5 Å². The van der Waals surface area contributed by atoms with Gasteiger partial charge in [-0.15, -0.1) is 0 Å². The molecule has 0 radical (unpaired) electrons. The molecule has 0 saturated heterocycles. The molecule has 0 spiro atoms. The molecular weight excluding hydrogens is 713 g/mol. The average Bonchev–Trinajstić information content (AvgIpc) is 3.17. The Balaban J connectivity index is 3.60. The van der Waals surface area contributed by atoms with Crippen LogP contribution in [0.4, 0.5) is 0 Å². The summed E-state index contributed by atoms with van der Waals surface area (Å²) in [6.45, 7) is 3.52. The summed E-state index contributed by atoms with van der Waals surface area (Å²) in [5.41, 5.74) is 0. The van der Waals surface area contributed by atoms with Crippen molar-refractivity contribution in [2.24, 2.45) is 0 Å². The molecule has 0 rings (SSSR count). The van der Waals surface area contributed by atoms with Crippen LogP contribution < -0.4 is 5.32 Å². The molecule has 3 N–H and O–H groups in total. The first kappa shape index (κ1) is 53.2. The Labute approximate surface area is 337 Å². The van der Waals surface area contributed by atoms with Crippen molar-refractivity contribution >= 4 is 19.7 Å². The van der Waals surface area contributed by atoms with E-state index in [1.165, 1.54) is 128 Å². The lowest BCUT2D eigenvalue weighted by molar-refractivity contribution is -0.147. The van der Waals surface area contributed by atoms with Crippen molar-refractivity contribution in [1.29, 1.82) is 0 Å². The van der Waals surface area contributed by atoms with E-state index in [1.54, 1.807) is 0 Å². The molecule has 0 fully saturated rings. The minimum atomic E-state index is -4.42. The molecule has 9 nitrogen and oxygen atoms in total. The highest BCUT2D eigenvalue weighted by Crippen LogP contribution is 2.42. The minimum Gasteiger partial charge on any atom is -0.463 e.